The van der Waals surface area contributed by atoms with Crippen molar-refractivity contribution in [1.29, 1.82) is 0 Å². The minimum Gasteiger partial charge on any atom is -0.323 e. The molecular weight excluding hydrogens is 352 g/mol. The van der Waals surface area contributed by atoms with Gasteiger partial charge in [0.05, 0.1) is 26.8 Å². The van der Waals surface area contributed by atoms with E-state index >= 15 is 0 Å². The van der Waals surface area contributed by atoms with Gasteiger partial charge in [-0.05, 0) is 18.2 Å². The summed E-state index contributed by atoms with van der Waals surface area (Å²) >= 11 is 11.9. The third-order valence-electron chi connectivity index (χ3n) is 3.01. The monoisotopic (exact) mass is 358 g/mol. The summed E-state index contributed by atoms with van der Waals surface area (Å²) in [6.45, 7) is 0. The molecule has 0 saturated carbocycles. The number of halogens is 5. The summed E-state index contributed by atoms with van der Waals surface area (Å²) < 4.78 is 37.5. The largest absolute Gasteiger partial charge is 0.419 e. The first kappa shape index (κ1) is 15.8. The Bertz CT molecular complexity index is 866. The quantitative estimate of drug-likeness (QED) is 0.692. The van der Waals surface area contributed by atoms with Gasteiger partial charge in [-0.15, -0.1) is 0 Å². The lowest BCUT2D eigenvalue weighted by atomic mass is 10.2. The van der Waals surface area contributed by atoms with Gasteiger partial charge >= 0.3 is 6.18 Å². The number of anilines is 2. The Labute approximate surface area is 138 Å². The van der Waals surface area contributed by atoms with Crippen LogP contribution in [-0.4, -0.2) is 15.0 Å². The van der Waals surface area contributed by atoms with E-state index in [4.69, 9.17) is 23.2 Å². The molecule has 0 aliphatic rings. The summed E-state index contributed by atoms with van der Waals surface area (Å²) in [7, 11) is 0. The predicted octanol–water partition coefficient (Wildman–Crippen LogP) is 5.09. The molecule has 0 bridgehead atoms. The molecule has 4 nitrogen and oxygen atoms in total. The van der Waals surface area contributed by atoms with E-state index in [0.717, 1.165) is 0 Å². The van der Waals surface area contributed by atoms with Crippen LogP contribution in [0.25, 0.3) is 10.9 Å². The van der Waals surface area contributed by atoms with Crippen molar-refractivity contribution in [2.75, 3.05) is 5.32 Å². The molecule has 2 heterocycles. The number of nitrogens with one attached hydrogen (secondary N) is 1. The zero-order chi connectivity index (χ0) is 16.6. The lowest BCUT2D eigenvalue weighted by molar-refractivity contribution is -0.138. The highest BCUT2D eigenvalue weighted by Gasteiger charge is 2.31. The normalized spacial score (nSPS) is 11.7. The number of fused-ring (bicyclic) bond motifs is 1. The van der Waals surface area contributed by atoms with Crippen LogP contribution in [0.3, 0.4) is 0 Å². The summed E-state index contributed by atoms with van der Waals surface area (Å²) in [4.78, 5) is 11.5. The van der Waals surface area contributed by atoms with Crippen molar-refractivity contribution in [3.8, 4) is 0 Å². The Hall–Kier alpha value is -2.12. The van der Waals surface area contributed by atoms with Crippen LogP contribution in [0, 0.1) is 0 Å². The number of aromatic nitrogens is 3. The highest BCUT2D eigenvalue weighted by atomic mass is 35.5. The second-order valence-corrected chi connectivity index (χ2v) is 5.37. The maximum atomic E-state index is 12.5. The van der Waals surface area contributed by atoms with Gasteiger partial charge in [-0.3, -0.25) is 4.98 Å². The topological polar surface area (TPSA) is 50.7 Å². The maximum Gasteiger partial charge on any atom is 0.419 e. The molecule has 0 amide bonds. The number of rotatable bonds is 2. The van der Waals surface area contributed by atoms with Crippen LogP contribution < -0.4 is 5.32 Å². The van der Waals surface area contributed by atoms with Crippen LogP contribution in [-0.2, 0) is 6.18 Å². The average molecular weight is 359 g/mol. The first-order valence-electron chi connectivity index (χ1n) is 6.24. The molecule has 0 atom stereocenters. The summed E-state index contributed by atoms with van der Waals surface area (Å²) in [5.74, 6) is 0.0246. The Morgan fingerprint density at radius 2 is 1.61 bits per heavy atom. The van der Waals surface area contributed by atoms with Gasteiger partial charge in [-0.2, -0.15) is 13.2 Å². The Balaban J connectivity index is 1.97. The molecule has 0 aliphatic carbocycles. The van der Waals surface area contributed by atoms with Gasteiger partial charge < -0.3 is 5.32 Å². The third kappa shape index (κ3) is 3.30. The second kappa shape index (κ2) is 5.82. The molecule has 0 fully saturated rings. The van der Waals surface area contributed by atoms with Crippen molar-refractivity contribution in [1.82, 2.24) is 15.0 Å². The maximum absolute atomic E-state index is 12.5. The lowest BCUT2D eigenvalue weighted by Gasteiger charge is -2.10. The van der Waals surface area contributed by atoms with E-state index in [1.807, 2.05) is 0 Å². The Kier molecular flexibility index (Phi) is 3.99. The van der Waals surface area contributed by atoms with Crippen LogP contribution in [0.1, 0.15) is 5.56 Å². The van der Waals surface area contributed by atoms with Gasteiger partial charge in [0.15, 0.2) is 0 Å². The molecule has 0 radical (unpaired) electrons. The number of nitrogens with zero attached hydrogens (tertiary/aromatic N) is 3. The van der Waals surface area contributed by atoms with Gasteiger partial charge in [-0.1, -0.05) is 23.2 Å². The summed E-state index contributed by atoms with van der Waals surface area (Å²) in [6, 6.07) is 4.84. The second-order valence-electron chi connectivity index (χ2n) is 4.56. The number of hydrogen-bond donors (Lipinski definition) is 1. The molecule has 9 heteroatoms. The molecule has 1 N–H and O–H groups in total. The van der Waals surface area contributed by atoms with Crippen LogP contribution in [0.2, 0.25) is 10.0 Å². The van der Waals surface area contributed by atoms with E-state index < -0.39 is 11.7 Å². The van der Waals surface area contributed by atoms with Crippen molar-refractivity contribution in [2.45, 2.75) is 6.18 Å². The summed E-state index contributed by atoms with van der Waals surface area (Å²) in [5, 5.41) is 4.18. The van der Waals surface area contributed by atoms with Gasteiger partial charge in [-0.25, -0.2) is 9.97 Å². The number of hydrogen-bond acceptors (Lipinski definition) is 4. The number of alkyl halides is 3. The Morgan fingerprint density at radius 1 is 0.957 bits per heavy atom. The molecule has 0 unspecified atom stereocenters. The first-order chi connectivity index (χ1) is 10.8. The van der Waals surface area contributed by atoms with Crippen molar-refractivity contribution in [2.24, 2.45) is 0 Å². The lowest BCUT2D eigenvalue weighted by Crippen LogP contribution is -2.07. The molecule has 3 rings (SSSR count). The van der Waals surface area contributed by atoms with E-state index in [2.05, 4.69) is 20.3 Å². The molecule has 1 aromatic carbocycles. The molecule has 2 aromatic heterocycles. The minimum atomic E-state index is -4.48. The molecule has 3 aromatic rings. The van der Waals surface area contributed by atoms with Gasteiger partial charge in [0.2, 0.25) is 5.95 Å². The fraction of sp³-hybridized carbons (Fsp3) is 0.0714. The average Bonchev–Trinajstić information content (AvgIpc) is 2.49. The number of benzene rings is 1. The van der Waals surface area contributed by atoms with E-state index in [1.54, 1.807) is 18.2 Å². The van der Waals surface area contributed by atoms with Crippen LogP contribution in [0.4, 0.5) is 24.8 Å². The van der Waals surface area contributed by atoms with Gasteiger partial charge in [0, 0.05) is 24.0 Å². The third-order valence-corrected chi connectivity index (χ3v) is 3.73. The SMILES string of the molecule is FC(F)(F)c1cnc(Nc2ccnc3cc(Cl)c(Cl)cc23)nc1. The van der Waals surface area contributed by atoms with E-state index in [-0.39, 0.29) is 5.95 Å². The number of pyridine rings is 1. The van der Waals surface area contributed by atoms with Crippen LogP contribution >= 0.6 is 23.2 Å². The fourth-order valence-electron chi connectivity index (χ4n) is 1.91. The van der Waals surface area contributed by atoms with Crippen molar-refractivity contribution >= 4 is 45.7 Å². The molecule has 0 aliphatic heterocycles. The highest BCUT2D eigenvalue weighted by Crippen LogP contribution is 2.32. The van der Waals surface area contributed by atoms with Crippen molar-refractivity contribution in [3.05, 3.63) is 52.4 Å². The fourth-order valence-corrected chi connectivity index (χ4v) is 2.23. The smallest absolute Gasteiger partial charge is 0.323 e. The molecule has 0 spiro atoms. The summed E-state index contributed by atoms with van der Waals surface area (Å²) in [6.07, 6.45) is -1.53. The molecule has 0 saturated heterocycles. The standard InChI is InChI=1S/C14H7Cl2F3N4/c15-9-3-8-11(1-2-20-12(8)4-10(9)16)23-13-21-5-7(6-22-13)14(17,18)19/h1-6H,(H,20,21,22,23). The van der Waals surface area contributed by atoms with Gasteiger partial charge in [0.25, 0.3) is 0 Å². The Morgan fingerprint density at radius 3 is 2.26 bits per heavy atom. The van der Waals surface area contributed by atoms with Crippen LogP contribution in [0.15, 0.2) is 36.8 Å². The van der Waals surface area contributed by atoms with E-state index in [0.29, 0.717) is 39.0 Å². The van der Waals surface area contributed by atoms with Crippen LogP contribution in [0.5, 0.6) is 0 Å². The molecule has 23 heavy (non-hydrogen) atoms. The predicted molar refractivity (Wildman–Crippen MR) is 82.1 cm³/mol. The summed E-state index contributed by atoms with van der Waals surface area (Å²) in [5.41, 5.74) is 0.210. The molecular formula is C14H7Cl2F3N4. The van der Waals surface area contributed by atoms with Crippen molar-refractivity contribution < 1.29 is 13.2 Å². The zero-order valence-electron chi connectivity index (χ0n) is 11.2. The highest BCUT2D eigenvalue weighted by molar-refractivity contribution is 6.42. The minimum absolute atomic E-state index is 0.0246. The first-order valence-corrected chi connectivity index (χ1v) is 7.00. The van der Waals surface area contributed by atoms with Gasteiger partial charge in [0.1, 0.15) is 0 Å². The van der Waals surface area contributed by atoms with E-state index in [9.17, 15) is 13.2 Å². The van der Waals surface area contributed by atoms with E-state index in [1.165, 1.54) is 6.20 Å². The molecule has 118 valence electrons. The van der Waals surface area contributed by atoms with Crippen molar-refractivity contribution in [3.63, 3.8) is 0 Å². The zero-order valence-corrected chi connectivity index (χ0v) is 12.7.